The van der Waals surface area contributed by atoms with Crippen LogP contribution in [-0.4, -0.2) is 25.5 Å². The molecule has 0 radical (unpaired) electrons. The van der Waals surface area contributed by atoms with E-state index in [1.165, 1.54) is 6.07 Å². The average molecular weight is 271 g/mol. The van der Waals surface area contributed by atoms with Gasteiger partial charge in [-0.15, -0.1) is 0 Å². The fourth-order valence-corrected chi connectivity index (χ4v) is 4.22. The first-order valence-corrected chi connectivity index (χ1v) is 7.76. The van der Waals surface area contributed by atoms with Gasteiger partial charge in [0, 0.05) is 5.56 Å². The molecule has 0 aromatic heterocycles. The van der Waals surface area contributed by atoms with Gasteiger partial charge in [-0.1, -0.05) is 18.2 Å². The molecule has 1 saturated heterocycles. The number of hydrogen-bond acceptors (Lipinski definition) is 3. The van der Waals surface area contributed by atoms with Crippen LogP contribution in [0.3, 0.4) is 0 Å². The third-order valence-electron chi connectivity index (χ3n) is 3.70. The van der Waals surface area contributed by atoms with Crippen molar-refractivity contribution < 1.29 is 12.8 Å². The average Bonchev–Trinajstić information content (AvgIpc) is 2.42. The zero-order valence-electron chi connectivity index (χ0n) is 10.6. The molecule has 0 amide bonds. The Labute approximate surface area is 107 Å². The topological polar surface area (TPSA) is 46.2 Å². The molecule has 3 unspecified atom stereocenters. The maximum absolute atomic E-state index is 13.8. The third-order valence-corrected chi connectivity index (χ3v) is 6.37. The highest BCUT2D eigenvalue weighted by molar-refractivity contribution is 7.92. The lowest BCUT2D eigenvalue weighted by Gasteiger charge is -2.23. The largest absolute Gasteiger partial charge is 0.309 e. The molecule has 1 aliphatic heterocycles. The van der Waals surface area contributed by atoms with Gasteiger partial charge in [-0.3, -0.25) is 0 Å². The minimum absolute atomic E-state index is 0.355. The summed E-state index contributed by atoms with van der Waals surface area (Å²) in [6.45, 7) is 3.96. The molecule has 18 heavy (non-hydrogen) atoms. The third kappa shape index (κ3) is 2.29. The van der Waals surface area contributed by atoms with E-state index in [1.807, 2.05) is 0 Å². The van der Waals surface area contributed by atoms with Crippen LogP contribution in [0.2, 0.25) is 0 Å². The van der Waals surface area contributed by atoms with E-state index in [4.69, 9.17) is 0 Å². The lowest BCUT2D eigenvalue weighted by Crippen LogP contribution is -2.35. The summed E-state index contributed by atoms with van der Waals surface area (Å²) < 4.78 is 38.3. The van der Waals surface area contributed by atoms with Crippen molar-refractivity contribution >= 4 is 9.84 Å². The van der Waals surface area contributed by atoms with Crippen LogP contribution in [0.1, 0.15) is 31.9 Å². The quantitative estimate of drug-likeness (QED) is 0.850. The van der Waals surface area contributed by atoms with Gasteiger partial charge in [-0.25, -0.2) is 12.8 Å². The van der Waals surface area contributed by atoms with E-state index < -0.39 is 21.1 Å². The zero-order valence-corrected chi connectivity index (χ0v) is 11.4. The standard InChI is InChI=1S/C13H18FNO2S/c1-9-7-8-15-13(10(2)18(9,16)17)11-5-3-4-6-12(11)14/h3-6,9-10,13,15H,7-8H2,1-2H3. The van der Waals surface area contributed by atoms with Crippen LogP contribution in [-0.2, 0) is 9.84 Å². The number of rotatable bonds is 1. The van der Waals surface area contributed by atoms with E-state index in [0.29, 0.717) is 18.5 Å². The van der Waals surface area contributed by atoms with Crippen molar-refractivity contribution in [3.8, 4) is 0 Å². The van der Waals surface area contributed by atoms with Crippen LogP contribution >= 0.6 is 0 Å². The van der Waals surface area contributed by atoms with Crippen molar-refractivity contribution in [2.45, 2.75) is 36.8 Å². The van der Waals surface area contributed by atoms with Gasteiger partial charge in [-0.05, 0) is 32.9 Å². The van der Waals surface area contributed by atoms with Gasteiger partial charge >= 0.3 is 0 Å². The number of benzene rings is 1. The van der Waals surface area contributed by atoms with Gasteiger partial charge in [0.25, 0.3) is 0 Å². The van der Waals surface area contributed by atoms with Crippen LogP contribution < -0.4 is 5.32 Å². The van der Waals surface area contributed by atoms with Crippen molar-refractivity contribution in [3.63, 3.8) is 0 Å². The summed E-state index contributed by atoms with van der Waals surface area (Å²) in [6.07, 6.45) is 0.567. The van der Waals surface area contributed by atoms with E-state index in [-0.39, 0.29) is 11.1 Å². The minimum Gasteiger partial charge on any atom is -0.309 e. The molecule has 5 heteroatoms. The molecule has 0 saturated carbocycles. The number of hydrogen-bond donors (Lipinski definition) is 1. The van der Waals surface area contributed by atoms with E-state index in [0.717, 1.165) is 0 Å². The monoisotopic (exact) mass is 271 g/mol. The molecular weight excluding hydrogens is 253 g/mol. The van der Waals surface area contributed by atoms with Crippen molar-refractivity contribution in [2.75, 3.05) is 6.54 Å². The first kappa shape index (κ1) is 13.5. The van der Waals surface area contributed by atoms with E-state index in [1.54, 1.807) is 32.0 Å². The summed E-state index contributed by atoms with van der Waals surface area (Å²) >= 11 is 0. The van der Waals surface area contributed by atoms with Gasteiger partial charge in [0.1, 0.15) is 5.82 Å². The summed E-state index contributed by atoms with van der Waals surface area (Å²) in [5.41, 5.74) is 0.433. The van der Waals surface area contributed by atoms with Crippen LogP contribution in [0.25, 0.3) is 0 Å². The molecule has 3 nitrogen and oxygen atoms in total. The summed E-state index contributed by atoms with van der Waals surface area (Å²) in [4.78, 5) is 0. The molecule has 1 aromatic carbocycles. The Kier molecular flexibility index (Phi) is 3.73. The lowest BCUT2D eigenvalue weighted by molar-refractivity contribution is 0.492. The lowest BCUT2D eigenvalue weighted by atomic mass is 10.0. The number of nitrogens with one attached hydrogen (secondary N) is 1. The Bertz CT molecular complexity index is 530. The molecule has 3 atom stereocenters. The van der Waals surface area contributed by atoms with Crippen LogP contribution in [0.5, 0.6) is 0 Å². The molecule has 0 spiro atoms. The van der Waals surface area contributed by atoms with E-state index in [2.05, 4.69) is 5.32 Å². The summed E-state index contributed by atoms with van der Waals surface area (Å²) in [5, 5.41) is 2.16. The molecule has 100 valence electrons. The Morgan fingerprint density at radius 2 is 1.94 bits per heavy atom. The molecule has 1 fully saturated rings. The zero-order chi connectivity index (χ0) is 13.3. The maximum Gasteiger partial charge on any atom is 0.157 e. The first-order chi connectivity index (χ1) is 8.44. The molecule has 1 N–H and O–H groups in total. The summed E-state index contributed by atoms with van der Waals surface area (Å²) in [5.74, 6) is -0.355. The maximum atomic E-state index is 13.8. The van der Waals surface area contributed by atoms with E-state index >= 15 is 0 Å². The van der Waals surface area contributed by atoms with Gasteiger partial charge in [0.05, 0.1) is 16.5 Å². The predicted molar refractivity (Wildman–Crippen MR) is 69.6 cm³/mol. The highest BCUT2D eigenvalue weighted by Crippen LogP contribution is 2.29. The molecule has 1 aliphatic rings. The number of halogens is 1. The van der Waals surface area contributed by atoms with Gasteiger partial charge in [0.15, 0.2) is 9.84 Å². The van der Waals surface area contributed by atoms with Crippen LogP contribution in [0.4, 0.5) is 4.39 Å². The molecule has 1 aromatic rings. The summed E-state index contributed by atoms with van der Waals surface area (Å²) in [7, 11) is -3.22. The Balaban J connectivity index is 2.43. The first-order valence-electron chi connectivity index (χ1n) is 6.15. The van der Waals surface area contributed by atoms with E-state index in [9.17, 15) is 12.8 Å². The normalized spacial score (nSPS) is 31.8. The number of sulfone groups is 1. The molecular formula is C13H18FNO2S. The highest BCUT2D eigenvalue weighted by atomic mass is 32.2. The summed E-state index contributed by atoms with van der Waals surface area (Å²) in [6, 6.07) is 5.88. The highest BCUT2D eigenvalue weighted by Gasteiger charge is 2.37. The predicted octanol–water partition coefficient (Wildman–Crippen LogP) is 2.05. The van der Waals surface area contributed by atoms with Crippen molar-refractivity contribution in [2.24, 2.45) is 0 Å². The van der Waals surface area contributed by atoms with Crippen molar-refractivity contribution in [3.05, 3.63) is 35.6 Å². The second-order valence-electron chi connectivity index (χ2n) is 4.85. The van der Waals surface area contributed by atoms with Gasteiger partial charge in [0.2, 0.25) is 0 Å². The van der Waals surface area contributed by atoms with Gasteiger partial charge < -0.3 is 5.32 Å². The molecule has 0 bridgehead atoms. The molecule has 2 rings (SSSR count). The molecule has 1 heterocycles. The SMILES string of the molecule is CC1CCNC(c2ccccc2F)C(C)S1(=O)=O. The smallest absolute Gasteiger partial charge is 0.157 e. The van der Waals surface area contributed by atoms with Crippen molar-refractivity contribution in [1.82, 2.24) is 5.32 Å². The minimum atomic E-state index is -3.22. The van der Waals surface area contributed by atoms with Gasteiger partial charge in [-0.2, -0.15) is 0 Å². The molecule has 0 aliphatic carbocycles. The van der Waals surface area contributed by atoms with Crippen molar-refractivity contribution in [1.29, 1.82) is 0 Å². The second-order valence-corrected chi connectivity index (χ2v) is 7.57. The Morgan fingerprint density at radius 3 is 2.61 bits per heavy atom. The van der Waals surface area contributed by atoms with Crippen LogP contribution in [0.15, 0.2) is 24.3 Å². The van der Waals surface area contributed by atoms with Crippen LogP contribution in [0, 0.1) is 5.82 Å². The second kappa shape index (κ2) is 4.97. The fraction of sp³-hybridized carbons (Fsp3) is 0.538. The Morgan fingerprint density at radius 1 is 1.28 bits per heavy atom. The Hall–Kier alpha value is -0.940. The fourth-order valence-electron chi connectivity index (χ4n) is 2.42.